The Morgan fingerprint density at radius 1 is 1.35 bits per heavy atom. The highest BCUT2D eigenvalue weighted by Crippen LogP contribution is 2.16. The van der Waals surface area contributed by atoms with Crippen molar-refractivity contribution in [1.82, 2.24) is 5.32 Å². The molecular weight excluding hydrogens is 210 g/mol. The summed E-state index contributed by atoms with van der Waals surface area (Å²) in [5, 5.41) is 3.66. The van der Waals surface area contributed by atoms with Crippen molar-refractivity contribution in [3.8, 4) is 0 Å². The van der Waals surface area contributed by atoms with E-state index in [2.05, 4.69) is 44.3 Å². The summed E-state index contributed by atoms with van der Waals surface area (Å²) in [7, 11) is 0. The molecule has 2 unspecified atom stereocenters. The van der Waals surface area contributed by atoms with Crippen molar-refractivity contribution in [3.63, 3.8) is 0 Å². The average molecular weight is 233 g/mol. The van der Waals surface area contributed by atoms with E-state index >= 15 is 0 Å². The maximum atomic E-state index is 5.56. The molecule has 2 rings (SSSR count). The number of hydrogen-bond donors (Lipinski definition) is 1. The van der Waals surface area contributed by atoms with Gasteiger partial charge in [0.2, 0.25) is 0 Å². The van der Waals surface area contributed by atoms with Crippen LogP contribution in [-0.4, -0.2) is 18.8 Å². The van der Waals surface area contributed by atoms with E-state index in [1.165, 1.54) is 16.7 Å². The molecule has 0 spiro atoms. The van der Waals surface area contributed by atoms with Crippen molar-refractivity contribution in [1.29, 1.82) is 0 Å². The Morgan fingerprint density at radius 3 is 2.94 bits per heavy atom. The highest BCUT2D eigenvalue weighted by atomic mass is 16.5. The molecule has 1 aromatic carbocycles. The van der Waals surface area contributed by atoms with Crippen molar-refractivity contribution in [2.45, 2.75) is 52.3 Å². The lowest BCUT2D eigenvalue weighted by molar-refractivity contribution is 0.0130. The van der Waals surface area contributed by atoms with Crippen molar-refractivity contribution < 1.29 is 4.74 Å². The third-order valence-electron chi connectivity index (χ3n) is 3.78. The normalized spacial score (nSPS) is 24.9. The summed E-state index contributed by atoms with van der Waals surface area (Å²) in [6, 6.07) is 7.15. The van der Waals surface area contributed by atoms with Gasteiger partial charge < -0.3 is 10.1 Å². The molecule has 1 saturated heterocycles. The van der Waals surface area contributed by atoms with Crippen LogP contribution in [0.3, 0.4) is 0 Å². The van der Waals surface area contributed by atoms with Gasteiger partial charge in [0.1, 0.15) is 0 Å². The van der Waals surface area contributed by atoms with Gasteiger partial charge in [0, 0.05) is 19.2 Å². The SMILES string of the molecule is Cc1cccc(CNC2CCOC(C)C2)c1C. The third-order valence-corrected chi connectivity index (χ3v) is 3.78. The molecule has 0 bridgehead atoms. The Bertz CT molecular complexity index is 375. The van der Waals surface area contributed by atoms with E-state index in [4.69, 9.17) is 4.74 Å². The second-order valence-electron chi connectivity index (χ2n) is 5.14. The summed E-state index contributed by atoms with van der Waals surface area (Å²) in [5.41, 5.74) is 4.22. The van der Waals surface area contributed by atoms with Crippen LogP contribution < -0.4 is 5.32 Å². The predicted octanol–water partition coefficient (Wildman–Crippen LogP) is 2.96. The first-order valence-corrected chi connectivity index (χ1v) is 6.57. The number of benzene rings is 1. The summed E-state index contributed by atoms with van der Waals surface area (Å²) < 4.78 is 5.56. The van der Waals surface area contributed by atoms with Crippen LogP contribution in [0.1, 0.15) is 36.5 Å². The molecule has 0 aromatic heterocycles. The van der Waals surface area contributed by atoms with Crippen LogP contribution >= 0.6 is 0 Å². The second kappa shape index (κ2) is 5.65. The number of rotatable bonds is 3. The van der Waals surface area contributed by atoms with E-state index in [0.29, 0.717) is 12.1 Å². The highest BCUT2D eigenvalue weighted by Gasteiger charge is 2.18. The quantitative estimate of drug-likeness (QED) is 0.866. The van der Waals surface area contributed by atoms with Gasteiger partial charge >= 0.3 is 0 Å². The van der Waals surface area contributed by atoms with E-state index in [-0.39, 0.29) is 0 Å². The van der Waals surface area contributed by atoms with Crippen molar-refractivity contribution >= 4 is 0 Å². The molecule has 1 aliphatic heterocycles. The number of hydrogen-bond acceptors (Lipinski definition) is 2. The molecule has 1 aromatic rings. The smallest absolute Gasteiger partial charge is 0.0561 e. The molecule has 17 heavy (non-hydrogen) atoms. The summed E-state index contributed by atoms with van der Waals surface area (Å²) in [6.45, 7) is 8.41. The molecule has 1 N–H and O–H groups in total. The van der Waals surface area contributed by atoms with Gasteiger partial charge in [0.15, 0.2) is 0 Å². The molecule has 94 valence electrons. The van der Waals surface area contributed by atoms with Crippen molar-refractivity contribution in [2.75, 3.05) is 6.61 Å². The molecule has 0 amide bonds. The Hall–Kier alpha value is -0.860. The van der Waals surface area contributed by atoms with Crippen LogP contribution in [0.15, 0.2) is 18.2 Å². The summed E-state index contributed by atoms with van der Waals surface area (Å²) in [4.78, 5) is 0. The average Bonchev–Trinajstić information content (AvgIpc) is 2.31. The van der Waals surface area contributed by atoms with Crippen LogP contribution in [0.5, 0.6) is 0 Å². The minimum atomic E-state index is 0.403. The van der Waals surface area contributed by atoms with Gasteiger partial charge in [-0.15, -0.1) is 0 Å². The minimum Gasteiger partial charge on any atom is -0.378 e. The molecule has 0 radical (unpaired) electrons. The zero-order valence-electron chi connectivity index (χ0n) is 11.1. The molecular formula is C15H23NO. The van der Waals surface area contributed by atoms with Gasteiger partial charge in [0.25, 0.3) is 0 Å². The molecule has 2 atom stereocenters. The van der Waals surface area contributed by atoms with E-state index in [9.17, 15) is 0 Å². The maximum absolute atomic E-state index is 5.56. The molecule has 2 nitrogen and oxygen atoms in total. The van der Waals surface area contributed by atoms with Crippen molar-refractivity contribution in [3.05, 3.63) is 34.9 Å². The topological polar surface area (TPSA) is 21.3 Å². The highest BCUT2D eigenvalue weighted by molar-refractivity contribution is 5.32. The monoisotopic (exact) mass is 233 g/mol. The lowest BCUT2D eigenvalue weighted by atomic mass is 10.0. The van der Waals surface area contributed by atoms with E-state index < -0.39 is 0 Å². The fraction of sp³-hybridized carbons (Fsp3) is 0.600. The molecule has 0 saturated carbocycles. The van der Waals surface area contributed by atoms with E-state index in [1.54, 1.807) is 0 Å². The van der Waals surface area contributed by atoms with E-state index in [0.717, 1.165) is 26.0 Å². The molecule has 0 aliphatic carbocycles. The van der Waals surface area contributed by atoms with Crippen LogP contribution in [0.2, 0.25) is 0 Å². The first kappa shape index (κ1) is 12.6. The first-order valence-electron chi connectivity index (χ1n) is 6.57. The minimum absolute atomic E-state index is 0.403. The first-order chi connectivity index (χ1) is 8.16. The Balaban J connectivity index is 1.91. The van der Waals surface area contributed by atoms with Crippen LogP contribution in [0.25, 0.3) is 0 Å². The van der Waals surface area contributed by atoms with Crippen LogP contribution in [-0.2, 0) is 11.3 Å². The third kappa shape index (κ3) is 3.30. The summed E-state index contributed by atoms with van der Waals surface area (Å²) >= 11 is 0. The Labute approximate surface area is 104 Å². The summed E-state index contributed by atoms with van der Waals surface area (Å²) in [6.07, 6.45) is 2.67. The van der Waals surface area contributed by atoms with Crippen LogP contribution in [0, 0.1) is 13.8 Å². The molecule has 1 aliphatic rings. The number of ether oxygens (including phenoxy) is 1. The largest absolute Gasteiger partial charge is 0.378 e. The lowest BCUT2D eigenvalue weighted by Gasteiger charge is -2.28. The molecule has 2 heteroatoms. The van der Waals surface area contributed by atoms with Gasteiger partial charge in [-0.2, -0.15) is 0 Å². The molecule has 1 heterocycles. The summed E-state index contributed by atoms with van der Waals surface area (Å²) in [5.74, 6) is 0. The lowest BCUT2D eigenvalue weighted by Crippen LogP contribution is -2.37. The predicted molar refractivity (Wildman–Crippen MR) is 71.2 cm³/mol. The van der Waals surface area contributed by atoms with Gasteiger partial charge in [-0.25, -0.2) is 0 Å². The Morgan fingerprint density at radius 2 is 2.18 bits per heavy atom. The standard InChI is InChI=1S/C15H23NO/c1-11-5-4-6-14(13(11)3)10-16-15-7-8-17-12(2)9-15/h4-6,12,15-16H,7-10H2,1-3H3. The fourth-order valence-corrected chi connectivity index (χ4v) is 2.44. The number of nitrogens with one attached hydrogen (secondary N) is 1. The van der Waals surface area contributed by atoms with E-state index in [1.807, 2.05) is 0 Å². The van der Waals surface area contributed by atoms with Gasteiger partial charge in [0.05, 0.1) is 6.10 Å². The molecule has 1 fully saturated rings. The number of aryl methyl sites for hydroxylation is 1. The van der Waals surface area contributed by atoms with Gasteiger partial charge in [-0.1, -0.05) is 18.2 Å². The van der Waals surface area contributed by atoms with Crippen molar-refractivity contribution in [2.24, 2.45) is 0 Å². The maximum Gasteiger partial charge on any atom is 0.0561 e. The fourth-order valence-electron chi connectivity index (χ4n) is 2.44. The zero-order valence-corrected chi connectivity index (χ0v) is 11.1. The second-order valence-corrected chi connectivity index (χ2v) is 5.14. The zero-order chi connectivity index (χ0) is 12.3. The van der Waals surface area contributed by atoms with Gasteiger partial charge in [-0.3, -0.25) is 0 Å². The Kier molecular flexibility index (Phi) is 4.19. The van der Waals surface area contributed by atoms with Gasteiger partial charge in [-0.05, 0) is 50.3 Å². The van der Waals surface area contributed by atoms with Crippen LogP contribution in [0.4, 0.5) is 0 Å².